The average molecular weight is 339 g/mol. The van der Waals surface area contributed by atoms with Gasteiger partial charge in [-0.1, -0.05) is 36.4 Å². The molecule has 4 rings (SSSR count). The van der Waals surface area contributed by atoms with Crippen molar-refractivity contribution in [2.75, 3.05) is 16.6 Å². The summed E-state index contributed by atoms with van der Waals surface area (Å²) in [6.07, 6.45) is 0.677. The summed E-state index contributed by atoms with van der Waals surface area (Å²) in [5, 5.41) is 2.17. The van der Waals surface area contributed by atoms with E-state index in [1.165, 1.54) is 4.31 Å². The number of ether oxygens (including phenoxy) is 1. The topological polar surface area (TPSA) is 46.6 Å². The van der Waals surface area contributed by atoms with Gasteiger partial charge in [-0.3, -0.25) is 4.31 Å². The van der Waals surface area contributed by atoms with Crippen LogP contribution >= 0.6 is 0 Å². The van der Waals surface area contributed by atoms with E-state index in [0.717, 1.165) is 16.5 Å². The third-order valence-corrected chi connectivity index (χ3v) is 6.07. The average Bonchev–Trinajstić information content (AvgIpc) is 2.95. The Kier molecular flexibility index (Phi) is 3.65. The molecule has 3 aromatic carbocycles. The van der Waals surface area contributed by atoms with Gasteiger partial charge in [0.25, 0.3) is 0 Å². The predicted molar refractivity (Wildman–Crippen MR) is 96.2 cm³/mol. The fourth-order valence-electron chi connectivity index (χ4n) is 3.02. The highest BCUT2D eigenvalue weighted by Gasteiger charge is 2.28. The number of nitrogens with zero attached hydrogens (tertiary/aromatic N) is 1. The van der Waals surface area contributed by atoms with Crippen LogP contribution in [0.2, 0.25) is 0 Å². The Bertz CT molecular complexity index is 976. The van der Waals surface area contributed by atoms with Crippen LogP contribution in [0.15, 0.2) is 66.7 Å². The third kappa shape index (κ3) is 2.71. The minimum Gasteiger partial charge on any atom is -0.457 e. The van der Waals surface area contributed by atoms with Crippen LogP contribution in [0.1, 0.15) is 6.42 Å². The molecule has 0 N–H and O–H groups in total. The monoisotopic (exact) mass is 339 g/mol. The Morgan fingerprint density at radius 2 is 1.62 bits per heavy atom. The van der Waals surface area contributed by atoms with Crippen LogP contribution in [0.25, 0.3) is 10.8 Å². The van der Waals surface area contributed by atoms with Crippen LogP contribution in [0, 0.1) is 0 Å². The summed E-state index contributed by atoms with van der Waals surface area (Å²) in [6, 6.07) is 21.2. The lowest BCUT2D eigenvalue weighted by atomic mass is 10.1. The molecule has 1 saturated heterocycles. The molecular formula is C19H17NO3S. The van der Waals surface area contributed by atoms with Crippen molar-refractivity contribution >= 4 is 26.5 Å². The van der Waals surface area contributed by atoms with Crippen molar-refractivity contribution in [2.45, 2.75) is 6.42 Å². The highest BCUT2D eigenvalue weighted by molar-refractivity contribution is 7.93. The molecule has 1 aliphatic heterocycles. The molecule has 4 nitrogen and oxygen atoms in total. The molecule has 5 heteroatoms. The van der Waals surface area contributed by atoms with E-state index in [4.69, 9.17) is 4.74 Å². The highest BCUT2D eigenvalue weighted by Crippen LogP contribution is 2.31. The predicted octanol–water partition coefficient (Wildman–Crippen LogP) is 4.17. The number of rotatable bonds is 3. The SMILES string of the molecule is O=S1(=O)CCCN1c1ccc(Oc2cccc3ccccc23)cc1. The summed E-state index contributed by atoms with van der Waals surface area (Å²) >= 11 is 0. The van der Waals surface area contributed by atoms with Gasteiger partial charge < -0.3 is 4.74 Å². The first-order valence-electron chi connectivity index (χ1n) is 7.90. The summed E-state index contributed by atoms with van der Waals surface area (Å²) in [4.78, 5) is 0. The number of benzene rings is 3. The molecule has 0 unspecified atom stereocenters. The molecule has 24 heavy (non-hydrogen) atoms. The quantitative estimate of drug-likeness (QED) is 0.719. The van der Waals surface area contributed by atoms with Gasteiger partial charge in [0.1, 0.15) is 11.5 Å². The molecular weight excluding hydrogens is 322 g/mol. The molecule has 0 aliphatic carbocycles. The van der Waals surface area contributed by atoms with Crippen molar-refractivity contribution in [1.29, 1.82) is 0 Å². The van der Waals surface area contributed by atoms with E-state index >= 15 is 0 Å². The normalized spacial score (nSPS) is 16.4. The number of hydrogen-bond acceptors (Lipinski definition) is 3. The molecule has 0 spiro atoms. The molecule has 0 aromatic heterocycles. The van der Waals surface area contributed by atoms with Crippen LogP contribution in [0.5, 0.6) is 11.5 Å². The molecule has 122 valence electrons. The Balaban J connectivity index is 1.62. The smallest absolute Gasteiger partial charge is 0.235 e. The van der Waals surface area contributed by atoms with Crippen LogP contribution in [-0.2, 0) is 10.0 Å². The molecule has 3 aromatic rings. The Morgan fingerprint density at radius 1 is 0.875 bits per heavy atom. The Morgan fingerprint density at radius 3 is 2.38 bits per heavy atom. The number of anilines is 1. The molecule has 1 aliphatic rings. The first-order valence-corrected chi connectivity index (χ1v) is 9.50. The fourth-order valence-corrected chi connectivity index (χ4v) is 4.59. The lowest BCUT2D eigenvalue weighted by Gasteiger charge is -2.17. The number of fused-ring (bicyclic) bond motifs is 1. The fraction of sp³-hybridized carbons (Fsp3) is 0.158. The zero-order valence-corrected chi connectivity index (χ0v) is 13.9. The minimum atomic E-state index is -3.15. The van der Waals surface area contributed by atoms with Crippen molar-refractivity contribution in [3.8, 4) is 11.5 Å². The van der Waals surface area contributed by atoms with Crippen molar-refractivity contribution in [1.82, 2.24) is 0 Å². The molecule has 0 radical (unpaired) electrons. The van der Waals surface area contributed by atoms with Gasteiger partial charge in [0.05, 0.1) is 11.4 Å². The summed E-state index contributed by atoms with van der Waals surface area (Å²) in [6.45, 7) is 0.547. The third-order valence-electron chi connectivity index (χ3n) is 4.20. The van der Waals surface area contributed by atoms with E-state index in [0.29, 0.717) is 24.4 Å². The summed E-state index contributed by atoms with van der Waals surface area (Å²) in [7, 11) is -3.15. The van der Waals surface area contributed by atoms with Gasteiger partial charge in [0, 0.05) is 11.9 Å². The van der Waals surface area contributed by atoms with Gasteiger partial charge in [0.2, 0.25) is 10.0 Å². The number of sulfonamides is 1. The Labute approximate surface area is 141 Å². The van der Waals surface area contributed by atoms with Crippen LogP contribution in [-0.4, -0.2) is 20.7 Å². The van der Waals surface area contributed by atoms with E-state index in [-0.39, 0.29) is 5.75 Å². The van der Waals surface area contributed by atoms with Gasteiger partial charge in [-0.25, -0.2) is 8.42 Å². The van der Waals surface area contributed by atoms with E-state index in [9.17, 15) is 8.42 Å². The van der Waals surface area contributed by atoms with E-state index in [1.807, 2.05) is 54.6 Å². The first kappa shape index (κ1) is 15.0. The van der Waals surface area contributed by atoms with Gasteiger partial charge in [-0.05, 0) is 42.1 Å². The largest absolute Gasteiger partial charge is 0.457 e. The maximum absolute atomic E-state index is 12.0. The van der Waals surface area contributed by atoms with E-state index in [1.54, 1.807) is 12.1 Å². The maximum Gasteiger partial charge on any atom is 0.235 e. The van der Waals surface area contributed by atoms with Gasteiger partial charge in [-0.2, -0.15) is 0 Å². The zero-order valence-electron chi connectivity index (χ0n) is 13.1. The minimum absolute atomic E-state index is 0.223. The van der Waals surface area contributed by atoms with E-state index in [2.05, 4.69) is 0 Å². The standard InChI is InChI=1S/C19H17NO3S/c21-24(22)14-4-13-20(24)16-9-11-17(12-10-16)23-19-8-3-6-15-5-1-2-7-18(15)19/h1-3,5-12H,4,13-14H2. The van der Waals surface area contributed by atoms with Crippen LogP contribution < -0.4 is 9.04 Å². The Hall–Kier alpha value is -2.53. The lowest BCUT2D eigenvalue weighted by molar-refractivity contribution is 0.488. The zero-order chi connectivity index (χ0) is 16.6. The second-order valence-corrected chi connectivity index (χ2v) is 7.83. The molecule has 0 amide bonds. The van der Waals surface area contributed by atoms with E-state index < -0.39 is 10.0 Å². The van der Waals surface area contributed by atoms with Gasteiger partial charge >= 0.3 is 0 Å². The lowest BCUT2D eigenvalue weighted by Crippen LogP contribution is -2.24. The molecule has 1 fully saturated rings. The second-order valence-electron chi connectivity index (χ2n) is 5.81. The molecule has 0 saturated carbocycles. The molecule has 0 bridgehead atoms. The second kappa shape index (κ2) is 5.83. The van der Waals surface area contributed by atoms with Crippen molar-refractivity contribution < 1.29 is 13.2 Å². The molecule has 1 heterocycles. The van der Waals surface area contributed by atoms with Crippen LogP contribution in [0.4, 0.5) is 5.69 Å². The van der Waals surface area contributed by atoms with Crippen molar-refractivity contribution in [3.05, 3.63) is 66.7 Å². The summed E-state index contributed by atoms with van der Waals surface area (Å²) < 4.78 is 31.4. The summed E-state index contributed by atoms with van der Waals surface area (Å²) in [5.74, 6) is 1.70. The first-order chi connectivity index (χ1) is 11.6. The van der Waals surface area contributed by atoms with Crippen molar-refractivity contribution in [3.63, 3.8) is 0 Å². The highest BCUT2D eigenvalue weighted by atomic mass is 32.2. The molecule has 0 atom stereocenters. The van der Waals surface area contributed by atoms with Gasteiger partial charge in [-0.15, -0.1) is 0 Å². The maximum atomic E-state index is 12.0. The van der Waals surface area contributed by atoms with Gasteiger partial charge in [0.15, 0.2) is 0 Å². The number of hydrogen-bond donors (Lipinski definition) is 0. The summed E-state index contributed by atoms with van der Waals surface area (Å²) in [5.41, 5.74) is 0.692. The van der Waals surface area contributed by atoms with Crippen molar-refractivity contribution in [2.24, 2.45) is 0 Å². The van der Waals surface area contributed by atoms with Crippen LogP contribution in [0.3, 0.4) is 0 Å².